The third kappa shape index (κ3) is 0.680. The number of rotatable bonds is 0. The van der Waals surface area contributed by atoms with E-state index in [1.807, 2.05) is 12.1 Å². The summed E-state index contributed by atoms with van der Waals surface area (Å²) in [7, 11) is 2.00. The molecule has 0 aromatic carbocycles. The summed E-state index contributed by atoms with van der Waals surface area (Å²) in [6, 6.07) is 0. The zero-order valence-electron chi connectivity index (χ0n) is 3.86. The van der Waals surface area contributed by atoms with E-state index in [0.717, 1.165) is 13.1 Å². The average molecular weight is 87.1 g/mol. The molecule has 2 N–H and O–H groups in total. The van der Waals surface area contributed by atoms with Crippen LogP contribution in [0.25, 0.3) is 0 Å². The van der Waals surface area contributed by atoms with E-state index in [-0.39, 0.29) is 0 Å². The summed E-state index contributed by atoms with van der Waals surface area (Å²) in [5.41, 5.74) is 5.85. The Labute approximate surface area is 37.3 Å². The van der Waals surface area contributed by atoms with Crippen molar-refractivity contribution in [1.29, 1.82) is 0 Å². The Morgan fingerprint density at radius 3 is 2.67 bits per heavy atom. The first kappa shape index (κ1) is 4.05. The van der Waals surface area contributed by atoms with Gasteiger partial charge in [-0.2, -0.15) is 5.53 Å². The Balaban J connectivity index is 2.18. The van der Waals surface area contributed by atoms with Crippen molar-refractivity contribution in [3.63, 3.8) is 0 Å². The van der Waals surface area contributed by atoms with E-state index in [1.54, 1.807) is 0 Å². The van der Waals surface area contributed by atoms with Gasteiger partial charge in [-0.3, -0.25) is 0 Å². The van der Waals surface area contributed by atoms with E-state index in [2.05, 4.69) is 11.0 Å². The van der Waals surface area contributed by atoms with E-state index >= 15 is 0 Å². The largest absolute Gasteiger partial charge is 0.243 e. The molecular formula is C3H9N3. The molecule has 0 atom stereocenters. The number of hydrazine groups is 2. The second-order valence-corrected chi connectivity index (χ2v) is 1.46. The van der Waals surface area contributed by atoms with Gasteiger partial charge >= 0.3 is 0 Å². The summed E-state index contributed by atoms with van der Waals surface area (Å²) in [5, 5.41) is 2.00. The molecule has 0 unspecified atom stereocenters. The van der Waals surface area contributed by atoms with Crippen molar-refractivity contribution in [3.05, 3.63) is 0 Å². The number of hydrogen-bond acceptors (Lipinski definition) is 3. The minimum Gasteiger partial charge on any atom is -0.243 e. The molecule has 0 spiro atoms. The minimum absolute atomic E-state index is 1.05. The Kier molecular flexibility index (Phi) is 1.05. The van der Waals surface area contributed by atoms with Gasteiger partial charge in [-0.15, -0.1) is 0 Å². The van der Waals surface area contributed by atoms with Crippen molar-refractivity contribution >= 4 is 0 Å². The maximum Gasteiger partial charge on any atom is 0.0280 e. The smallest absolute Gasteiger partial charge is 0.0280 e. The third-order valence-corrected chi connectivity index (χ3v) is 0.842. The first-order chi connectivity index (χ1) is 2.89. The van der Waals surface area contributed by atoms with E-state index < -0.39 is 0 Å². The highest BCUT2D eigenvalue weighted by Gasteiger charge is 2.00. The number of likely N-dealkylation sites (N-methyl/N-ethyl adjacent to an activating group) is 1. The summed E-state index contributed by atoms with van der Waals surface area (Å²) in [6.45, 7) is 2.15. The molecule has 36 valence electrons. The fourth-order valence-corrected chi connectivity index (χ4v) is 0.470. The second-order valence-electron chi connectivity index (χ2n) is 1.46. The molecule has 1 saturated heterocycles. The van der Waals surface area contributed by atoms with E-state index in [1.165, 1.54) is 0 Å². The van der Waals surface area contributed by atoms with Gasteiger partial charge in [-0.1, -0.05) is 0 Å². The highest BCUT2D eigenvalue weighted by Crippen LogP contribution is 1.74. The maximum atomic E-state index is 2.95. The van der Waals surface area contributed by atoms with Crippen LogP contribution in [0.1, 0.15) is 0 Å². The van der Waals surface area contributed by atoms with Crippen molar-refractivity contribution < 1.29 is 0 Å². The summed E-state index contributed by atoms with van der Waals surface area (Å²) >= 11 is 0. The average Bonchev–Trinajstić information content (AvgIpc) is 1.86. The van der Waals surface area contributed by atoms with Gasteiger partial charge in [0.2, 0.25) is 0 Å². The van der Waals surface area contributed by atoms with Crippen molar-refractivity contribution in [2.45, 2.75) is 0 Å². The normalized spacial score (nSPS) is 25.5. The van der Waals surface area contributed by atoms with Crippen molar-refractivity contribution in [2.24, 2.45) is 0 Å². The van der Waals surface area contributed by atoms with Gasteiger partial charge in [0.1, 0.15) is 0 Å². The van der Waals surface area contributed by atoms with E-state index in [0.29, 0.717) is 0 Å². The molecule has 1 rings (SSSR count). The molecule has 0 saturated carbocycles. The molecule has 1 fully saturated rings. The van der Waals surface area contributed by atoms with Gasteiger partial charge in [-0.25, -0.2) is 10.4 Å². The summed E-state index contributed by atoms with van der Waals surface area (Å²) in [4.78, 5) is 0. The topological polar surface area (TPSA) is 27.3 Å². The maximum absolute atomic E-state index is 2.95. The molecule has 1 aliphatic rings. The van der Waals surface area contributed by atoms with Crippen molar-refractivity contribution in [2.75, 3.05) is 20.1 Å². The number of nitrogens with zero attached hydrogens (tertiary/aromatic N) is 1. The van der Waals surface area contributed by atoms with Crippen LogP contribution in [0, 0.1) is 0 Å². The molecule has 0 bridgehead atoms. The van der Waals surface area contributed by atoms with Crippen LogP contribution in [0.3, 0.4) is 0 Å². The van der Waals surface area contributed by atoms with Crippen LogP contribution in [-0.2, 0) is 0 Å². The lowest BCUT2D eigenvalue weighted by molar-refractivity contribution is 0.289. The first-order valence-corrected chi connectivity index (χ1v) is 2.09. The van der Waals surface area contributed by atoms with E-state index in [9.17, 15) is 0 Å². The molecule has 0 aromatic heterocycles. The Morgan fingerprint density at radius 1 is 1.67 bits per heavy atom. The highest BCUT2D eigenvalue weighted by molar-refractivity contribution is 4.50. The van der Waals surface area contributed by atoms with Gasteiger partial charge in [0.25, 0.3) is 0 Å². The Hall–Kier alpha value is -0.120. The molecule has 0 radical (unpaired) electrons. The molecule has 6 heavy (non-hydrogen) atoms. The number of hydrogen-bond donors (Lipinski definition) is 2. The highest BCUT2D eigenvalue weighted by atomic mass is 15.7. The molecule has 3 nitrogen and oxygen atoms in total. The van der Waals surface area contributed by atoms with Crippen LogP contribution < -0.4 is 11.0 Å². The van der Waals surface area contributed by atoms with Crippen molar-refractivity contribution in [1.82, 2.24) is 16.0 Å². The zero-order valence-corrected chi connectivity index (χ0v) is 3.86. The van der Waals surface area contributed by atoms with Crippen LogP contribution >= 0.6 is 0 Å². The molecular weight excluding hydrogens is 78.1 g/mol. The van der Waals surface area contributed by atoms with Gasteiger partial charge in [0.15, 0.2) is 0 Å². The van der Waals surface area contributed by atoms with Crippen molar-refractivity contribution in [3.8, 4) is 0 Å². The fraction of sp³-hybridized carbons (Fsp3) is 1.00. The van der Waals surface area contributed by atoms with E-state index in [4.69, 9.17) is 0 Å². The molecule has 1 aliphatic heterocycles. The predicted molar refractivity (Wildman–Crippen MR) is 23.8 cm³/mol. The fourth-order valence-electron chi connectivity index (χ4n) is 0.470. The number of nitrogens with one attached hydrogen (secondary N) is 2. The first-order valence-electron chi connectivity index (χ1n) is 2.09. The summed E-state index contributed by atoms with van der Waals surface area (Å²) in [5.74, 6) is 0. The van der Waals surface area contributed by atoms with Gasteiger partial charge in [0, 0.05) is 20.1 Å². The second kappa shape index (κ2) is 1.55. The lowest BCUT2D eigenvalue weighted by atomic mass is 10.7. The quantitative estimate of drug-likeness (QED) is 0.394. The summed E-state index contributed by atoms with van der Waals surface area (Å²) < 4.78 is 0. The third-order valence-electron chi connectivity index (χ3n) is 0.842. The Morgan fingerprint density at radius 2 is 2.50 bits per heavy atom. The lowest BCUT2D eigenvalue weighted by Gasteiger charge is -2.01. The van der Waals surface area contributed by atoms with Crippen LogP contribution in [0.5, 0.6) is 0 Å². The van der Waals surface area contributed by atoms with Crippen LogP contribution in [0.15, 0.2) is 0 Å². The van der Waals surface area contributed by atoms with Crippen LogP contribution in [0.4, 0.5) is 0 Å². The molecule has 0 aliphatic carbocycles. The molecule has 0 amide bonds. The zero-order chi connectivity index (χ0) is 4.41. The standard InChI is InChI=1S/C3H9N3/c1-6-3-2-4-5-6/h4-5H,2-3H2,1H3. The van der Waals surface area contributed by atoms with Gasteiger partial charge < -0.3 is 0 Å². The SMILES string of the molecule is CN1CCNN1. The molecule has 1 heterocycles. The lowest BCUT2D eigenvalue weighted by Crippen LogP contribution is -2.32. The summed E-state index contributed by atoms with van der Waals surface area (Å²) in [6.07, 6.45) is 0. The predicted octanol–water partition coefficient (Wildman–Crippen LogP) is -1.06. The molecule has 3 heteroatoms. The minimum atomic E-state index is 1.05. The van der Waals surface area contributed by atoms with Gasteiger partial charge in [-0.05, 0) is 0 Å². The monoisotopic (exact) mass is 87.1 g/mol. The van der Waals surface area contributed by atoms with Crippen LogP contribution in [-0.4, -0.2) is 25.1 Å². The van der Waals surface area contributed by atoms with Crippen LogP contribution in [0.2, 0.25) is 0 Å². The van der Waals surface area contributed by atoms with Gasteiger partial charge in [0.05, 0.1) is 0 Å². The Bertz CT molecular complexity index is 39.3. The molecule has 0 aromatic rings.